The number of likely N-dealkylation sites (tertiary alicyclic amines) is 1. The van der Waals surface area contributed by atoms with Crippen LogP contribution < -0.4 is 5.73 Å². The van der Waals surface area contributed by atoms with E-state index in [0.717, 1.165) is 18.5 Å². The topological polar surface area (TPSA) is 29.3 Å². The Balaban J connectivity index is 0.000000845. The van der Waals surface area contributed by atoms with Gasteiger partial charge < -0.3 is 5.73 Å². The summed E-state index contributed by atoms with van der Waals surface area (Å²) in [5.74, 6) is 0.951. The summed E-state index contributed by atoms with van der Waals surface area (Å²) >= 11 is 0. The third-order valence-electron chi connectivity index (χ3n) is 3.44. The van der Waals surface area contributed by atoms with Crippen molar-refractivity contribution >= 4 is 12.4 Å². The van der Waals surface area contributed by atoms with Crippen LogP contribution in [0.3, 0.4) is 0 Å². The predicted octanol–water partition coefficient (Wildman–Crippen LogP) is 1.63. The van der Waals surface area contributed by atoms with Gasteiger partial charge in [-0.15, -0.1) is 12.4 Å². The molecule has 78 valence electrons. The fourth-order valence-corrected chi connectivity index (χ4v) is 2.66. The molecule has 1 aliphatic carbocycles. The average molecular weight is 205 g/mol. The van der Waals surface area contributed by atoms with E-state index in [9.17, 15) is 0 Å². The van der Waals surface area contributed by atoms with Crippen molar-refractivity contribution in [1.29, 1.82) is 0 Å². The molecule has 2 aliphatic rings. The highest BCUT2D eigenvalue weighted by Gasteiger charge is 2.30. The predicted molar refractivity (Wildman–Crippen MR) is 58.2 cm³/mol. The van der Waals surface area contributed by atoms with Gasteiger partial charge in [0.05, 0.1) is 0 Å². The van der Waals surface area contributed by atoms with Crippen LogP contribution in [0.5, 0.6) is 0 Å². The molecular weight excluding hydrogens is 184 g/mol. The largest absolute Gasteiger partial charge is 0.326 e. The Bertz CT molecular complexity index is 145. The van der Waals surface area contributed by atoms with Gasteiger partial charge in [0.25, 0.3) is 0 Å². The molecule has 0 aromatic carbocycles. The Labute approximate surface area is 87.3 Å². The molecule has 0 aromatic heterocycles. The van der Waals surface area contributed by atoms with Crippen LogP contribution in [0.15, 0.2) is 0 Å². The second-order valence-corrected chi connectivity index (χ2v) is 4.62. The standard InChI is InChI=1S/C10H20N2.ClH/c1-8-2-3-10(6-8)12-5-4-9(11)7-12;/h8-10H,2-7,11H2,1H3;1H/t8?,9-,10?;/m0./s1. The summed E-state index contributed by atoms with van der Waals surface area (Å²) < 4.78 is 0. The maximum atomic E-state index is 5.89. The first-order valence-corrected chi connectivity index (χ1v) is 5.25. The molecule has 2 nitrogen and oxygen atoms in total. The number of halogens is 1. The van der Waals surface area contributed by atoms with Crippen LogP contribution in [0.25, 0.3) is 0 Å². The fourth-order valence-electron chi connectivity index (χ4n) is 2.66. The second-order valence-electron chi connectivity index (χ2n) is 4.62. The molecule has 0 aromatic rings. The third kappa shape index (κ3) is 2.58. The molecule has 2 rings (SSSR count). The first-order chi connectivity index (χ1) is 5.75. The molecule has 0 bridgehead atoms. The van der Waals surface area contributed by atoms with Gasteiger partial charge in [-0.25, -0.2) is 0 Å². The van der Waals surface area contributed by atoms with Crippen LogP contribution in [-0.2, 0) is 0 Å². The van der Waals surface area contributed by atoms with Gasteiger partial charge in [0, 0.05) is 25.2 Å². The van der Waals surface area contributed by atoms with Crippen LogP contribution in [0.4, 0.5) is 0 Å². The molecule has 13 heavy (non-hydrogen) atoms. The van der Waals surface area contributed by atoms with Gasteiger partial charge in [0.1, 0.15) is 0 Å². The summed E-state index contributed by atoms with van der Waals surface area (Å²) in [5, 5.41) is 0. The van der Waals surface area contributed by atoms with Crippen molar-refractivity contribution in [2.75, 3.05) is 13.1 Å². The first kappa shape index (κ1) is 11.3. The van der Waals surface area contributed by atoms with Gasteiger partial charge in [0.2, 0.25) is 0 Å². The highest BCUT2D eigenvalue weighted by molar-refractivity contribution is 5.85. The van der Waals surface area contributed by atoms with E-state index in [-0.39, 0.29) is 12.4 Å². The minimum absolute atomic E-state index is 0. The molecule has 1 heterocycles. The van der Waals surface area contributed by atoms with Gasteiger partial charge in [-0.2, -0.15) is 0 Å². The minimum Gasteiger partial charge on any atom is -0.326 e. The zero-order valence-electron chi connectivity index (χ0n) is 8.41. The van der Waals surface area contributed by atoms with Crippen molar-refractivity contribution in [3.8, 4) is 0 Å². The number of hydrogen-bond donors (Lipinski definition) is 1. The van der Waals surface area contributed by atoms with E-state index in [1.807, 2.05) is 0 Å². The van der Waals surface area contributed by atoms with Crippen molar-refractivity contribution in [3.63, 3.8) is 0 Å². The lowest BCUT2D eigenvalue weighted by molar-refractivity contribution is 0.239. The molecule has 2 unspecified atom stereocenters. The van der Waals surface area contributed by atoms with E-state index in [1.165, 1.54) is 32.2 Å². The van der Waals surface area contributed by atoms with E-state index in [2.05, 4.69) is 11.8 Å². The zero-order valence-corrected chi connectivity index (χ0v) is 9.22. The molecule has 3 heteroatoms. The van der Waals surface area contributed by atoms with Crippen LogP contribution in [-0.4, -0.2) is 30.1 Å². The van der Waals surface area contributed by atoms with Crippen molar-refractivity contribution in [2.24, 2.45) is 11.7 Å². The van der Waals surface area contributed by atoms with Gasteiger partial charge >= 0.3 is 0 Å². The summed E-state index contributed by atoms with van der Waals surface area (Å²) in [4.78, 5) is 2.61. The SMILES string of the molecule is CC1CCC(N2CC[C@H](N)C2)C1.Cl. The van der Waals surface area contributed by atoms with E-state index in [1.54, 1.807) is 0 Å². The summed E-state index contributed by atoms with van der Waals surface area (Å²) in [7, 11) is 0. The Hall–Kier alpha value is 0.210. The summed E-state index contributed by atoms with van der Waals surface area (Å²) in [6, 6.07) is 1.33. The van der Waals surface area contributed by atoms with Crippen molar-refractivity contribution in [2.45, 2.75) is 44.7 Å². The maximum Gasteiger partial charge on any atom is 0.0180 e. The van der Waals surface area contributed by atoms with Crippen LogP contribution in [0, 0.1) is 5.92 Å². The summed E-state index contributed by atoms with van der Waals surface area (Å²) in [6.45, 7) is 4.77. The quantitative estimate of drug-likeness (QED) is 0.704. The van der Waals surface area contributed by atoms with E-state index in [0.29, 0.717) is 6.04 Å². The van der Waals surface area contributed by atoms with Gasteiger partial charge in [-0.1, -0.05) is 6.92 Å². The van der Waals surface area contributed by atoms with Gasteiger partial charge in [-0.3, -0.25) is 4.90 Å². The second kappa shape index (κ2) is 4.63. The highest BCUT2D eigenvalue weighted by atomic mass is 35.5. The Morgan fingerprint density at radius 2 is 2.00 bits per heavy atom. The molecule has 1 saturated carbocycles. The third-order valence-corrected chi connectivity index (χ3v) is 3.44. The fraction of sp³-hybridized carbons (Fsp3) is 1.00. The Kier molecular flexibility index (Phi) is 4.02. The number of hydrogen-bond acceptors (Lipinski definition) is 2. The van der Waals surface area contributed by atoms with Crippen LogP contribution in [0.2, 0.25) is 0 Å². The molecule has 0 amide bonds. The molecule has 3 atom stereocenters. The number of nitrogens with two attached hydrogens (primary N) is 1. The van der Waals surface area contributed by atoms with Crippen LogP contribution in [0.1, 0.15) is 32.6 Å². The minimum atomic E-state index is 0. The van der Waals surface area contributed by atoms with Gasteiger partial charge in [-0.05, 0) is 31.6 Å². The highest BCUT2D eigenvalue weighted by Crippen LogP contribution is 2.30. The van der Waals surface area contributed by atoms with Crippen molar-refractivity contribution in [3.05, 3.63) is 0 Å². The smallest absolute Gasteiger partial charge is 0.0180 e. The molecule has 0 spiro atoms. The molecular formula is C10H21ClN2. The summed E-state index contributed by atoms with van der Waals surface area (Å²) in [6.07, 6.45) is 5.46. The average Bonchev–Trinajstić information content (AvgIpc) is 2.58. The number of nitrogens with zero attached hydrogens (tertiary/aromatic N) is 1. The van der Waals surface area contributed by atoms with E-state index < -0.39 is 0 Å². The van der Waals surface area contributed by atoms with E-state index >= 15 is 0 Å². The van der Waals surface area contributed by atoms with Crippen LogP contribution >= 0.6 is 12.4 Å². The van der Waals surface area contributed by atoms with Crippen molar-refractivity contribution in [1.82, 2.24) is 4.90 Å². The lowest BCUT2D eigenvalue weighted by Crippen LogP contribution is -2.33. The lowest BCUT2D eigenvalue weighted by Gasteiger charge is -2.23. The monoisotopic (exact) mass is 204 g/mol. The molecule has 0 radical (unpaired) electrons. The lowest BCUT2D eigenvalue weighted by atomic mass is 10.1. The Morgan fingerprint density at radius 1 is 1.23 bits per heavy atom. The number of rotatable bonds is 1. The normalized spacial score (nSPS) is 40.6. The van der Waals surface area contributed by atoms with Crippen molar-refractivity contribution < 1.29 is 0 Å². The summed E-state index contributed by atoms with van der Waals surface area (Å²) in [5.41, 5.74) is 5.89. The zero-order chi connectivity index (χ0) is 8.55. The first-order valence-electron chi connectivity index (χ1n) is 5.25. The molecule has 2 N–H and O–H groups in total. The Morgan fingerprint density at radius 3 is 2.46 bits per heavy atom. The molecule has 1 aliphatic heterocycles. The maximum absolute atomic E-state index is 5.89. The van der Waals surface area contributed by atoms with E-state index in [4.69, 9.17) is 5.73 Å². The molecule has 2 fully saturated rings. The molecule has 1 saturated heterocycles. The van der Waals surface area contributed by atoms with Gasteiger partial charge in [0.15, 0.2) is 0 Å².